The summed E-state index contributed by atoms with van der Waals surface area (Å²) in [5, 5.41) is 8.99. The number of imidazole rings is 1. The van der Waals surface area contributed by atoms with E-state index in [1.54, 1.807) is 0 Å². The highest BCUT2D eigenvalue weighted by atomic mass is 19.4. The van der Waals surface area contributed by atoms with Crippen LogP contribution in [0.3, 0.4) is 0 Å². The Hall–Kier alpha value is -2.35. The predicted octanol–water partition coefficient (Wildman–Crippen LogP) is 2.62. The van der Waals surface area contributed by atoms with Gasteiger partial charge in [0.2, 0.25) is 0 Å². The summed E-state index contributed by atoms with van der Waals surface area (Å²) in [4.78, 5) is 6.73. The molecule has 111 valence electrons. The summed E-state index contributed by atoms with van der Waals surface area (Å²) in [5.74, 6) is -0.562. The van der Waals surface area contributed by atoms with E-state index < -0.39 is 17.6 Å². The number of aromatic amines is 1. The van der Waals surface area contributed by atoms with E-state index in [1.165, 1.54) is 12.1 Å². The third kappa shape index (κ3) is 2.57. The number of hydrogen-bond acceptors (Lipinski definition) is 2. The molecule has 22 heavy (non-hydrogen) atoms. The number of nitrogens with one attached hydrogen (secondary N) is 1. The maximum atomic E-state index is 13.2. The molecule has 2 aromatic carbocycles. The van der Waals surface area contributed by atoms with Gasteiger partial charge in [-0.05, 0) is 24.3 Å². The fraction of sp³-hybridized carbons (Fsp3) is 0.0714. The average Bonchev–Trinajstić information content (AvgIpc) is 2.88. The molecule has 2 N–H and O–H groups in total. The Morgan fingerprint density at radius 2 is 1.86 bits per heavy atom. The lowest BCUT2D eigenvalue weighted by molar-refractivity contribution is -0.137. The number of rotatable bonds is 2. The van der Waals surface area contributed by atoms with Gasteiger partial charge in [0.15, 0.2) is 0 Å². The minimum Gasteiger partial charge on any atom is -0.450 e. The number of H-pyrrole nitrogens is 1. The molecule has 0 atom stereocenters. The van der Waals surface area contributed by atoms with Gasteiger partial charge in [-0.1, -0.05) is 17.6 Å². The molecule has 1 radical (unpaired) electrons. The molecular weight excluding hydrogens is 299 g/mol. The van der Waals surface area contributed by atoms with Crippen molar-refractivity contribution in [3.05, 3.63) is 47.8 Å². The minimum absolute atomic E-state index is 0.0448. The molecule has 0 saturated heterocycles. The topological polar surface area (TPSA) is 48.9 Å². The van der Waals surface area contributed by atoms with Crippen LogP contribution in [0.15, 0.2) is 36.4 Å². The van der Waals surface area contributed by atoms with E-state index in [2.05, 4.69) is 9.97 Å². The van der Waals surface area contributed by atoms with E-state index in [4.69, 9.17) is 5.02 Å². The molecule has 0 bridgehead atoms. The molecule has 0 saturated carbocycles. The first-order valence-corrected chi connectivity index (χ1v) is 6.23. The van der Waals surface area contributed by atoms with E-state index in [-0.39, 0.29) is 16.9 Å². The van der Waals surface area contributed by atoms with Gasteiger partial charge in [0.1, 0.15) is 11.6 Å². The van der Waals surface area contributed by atoms with Crippen LogP contribution in [-0.4, -0.2) is 22.5 Å². The lowest BCUT2D eigenvalue weighted by atomic mass is 9.86. The Bertz CT molecular complexity index is 844. The normalized spacial score (nSPS) is 11.9. The quantitative estimate of drug-likeness (QED) is 0.565. The van der Waals surface area contributed by atoms with Crippen LogP contribution in [0, 0.1) is 5.82 Å². The fourth-order valence-electron chi connectivity index (χ4n) is 2.19. The first-order chi connectivity index (χ1) is 10.4. The molecule has 0 aliphatic heterocycles. The van der Waals surface area contributed by atoms with Crippen LogP contribution in [-0.2, 0) is 6.18 Å². The van der Waals surface area contributed by atoms with Crippen molar-refractivity contribution in [3.8, 4) is 11.4 Å². The molecule has 3 rings (SSSR count). The first-order valence-electron chi connectivity index (χ1n) is 6.23. The van der Waals surface area contributed by atoms with Crippen LogP contribution in [0.4, 0.5) is 17.6 Å². The molecule has 0 spiro atoms. The number of hydrogen-bond donors (Lipinski definition) is 2. The van der Waals surface area contributed by atoms with Gasteiger partial charge in [0.05, 0.1) is 16.6 Å². The van der Waals surface area contributed by atoms with Crippen LogP contribution >= 0.6 is 0 Å². The van der Waals surface area contributed by atoms with E-state index in [9.17, 15) is 17.6 Å². The highest BCUT2D eigenvalue weighted by molar-refractivity contribution is 6.45. The average molecular weight is 307 g/mol. The summed E-state index contributed by atoms with van der Waals surface area (Å²) >= 11 is 0. The minimum atomic E-state index is -4.58. The maximum Gasteiger partial charge on any atom is 0.417 e. The van der Waals surface area contributed by atoms with Crippen molar-refractivity contribution < 1.29 is 22.6 Å². The fourth-order valence-corrected chi connectivity index (χ4v) is 2.19. The lowest BCUT2D eigenvalue weighted by Gasteiger charge is -2.12. The summed E-state index contributed by atoms with van der Waals surface area (Å²) in [7, 11) is 0.700. The maximum absolute atomic E-state index is 13.2. The highest BCUT2D eigenvalue weighted by Gasteiger charge is 2.34. The Kier molecular flexibility index (Phi) is 3.40. The Morgan fingerprint density at radius 1 is 1.09 bits per heavy atom. The number of aromatic nitrogens is 2. The van der Waals surface area contributed by atoms with Crippen molar-refractivity contribution in [2.75, 3.05) is 0 Å². The summed E-state index contributed by atoms with van der Waals surface area (Å²) in [6.45, 7) is 0. The lowest BCUT2D eigenvalue weighted by Crippen LogP contribution is -2.17. The van der Waals surface area contributed by atoms with Crippen molar-refractivity contribution >= 4 is 24.0 Å². The van der Waals surface area contributed by atoms with Crippen molar-refractivity contribution in [3.63, 3.8) is 0 Å². The largest absolute Gasteiger partial charge is 0.450 e. The van der Waals surface area contributed by atoms with Crippen LogP contribution < -0.4 is 5.46 Å². The second kappa shape index (κ2) is 5.13. The number of benzene rings is 2. The molecular formula is C14H8BF4N2O. The molecule has 1 aromatic heterocycles. The van der Waals surface area contributed by atoms with Crippen LogP contribution in [0.5, 0.6) is 0 Å². The molecule has 1 heterocycles. The smallest absolute Gasteiger partial charge is 0.417 e. The SMILES string of the molecule is O[B]c1ccc(C(F)(F)F)c(-c2nc3ccc(F)cc3[nH]2)c1. The van der Waals surface area contributed by atoms with Crippen LogP contribution in [0.2, 0.25) is 0 Å². The molecule has 0 amide bonds. The Morgan fingerprint density at radius 3 is 2.55 bits per heavy atom. The van der Waals surface area contributed by atoms with Crippen molar-refractivity contribution in [2.45, 2.75) is 6.18 Å². The van der Waals surface area contributed by atoms with Gasteiger partial charge in [0, 0.05) is 5.56 Å². The predicted molar refractivity (Wildman–Crippen MR) is 74.1 cm³/mol. The van der Waals surface area contributed by atoms with Gasteiger partial charge in [-0.2, -0.15) is 13.2 Å². The van der Waals surface area contributed by atoms with Crippen LogP contribution in [0.25, 0.3) is 22.4 Å². The van der Waals surface area contributed by atoms with Crippen molar-refractivity contribution in [1.29, 1.82) is 0 Å². The van der Waals surface area contributed by atoms with E-state index in [1.807, 2.05) is 0 Å². The Balaban J connectivity index is 2.23. The number of alkyl halides is 3. The van der Waals surface area contributed by atoms with Crippen molar-refractivity contribution in [1.82, 2.24) is 9.97 Å². The summed E-state index contributed by atoms with van der Waals surface area (Å²) in [6, 6.07) is 6.88. The Labute approximate surface area is 122 Å². The number of nitrogens with zero attached hydrogens (tertiary/aromatic N) is 1. The van der Waals surface area contributed by atoms with E-state index in [0.29, 0.717) is 18.5 Å². The van der Waals surface area contributed by atoms with E-state index in [0.717, 1.165) is 24.3 Å². The second-order valence-corrected chi connectivity index (χ2v) is 4.68. The van der Waals surface area contributed by atoms with E-state index >= 15 is 0 Å². The van der Waals surface area contributed by atoms with Gasteiger partial charge >= 0.3 is 13.7 Å². The molecule has 8 heteroatoms. The van der Waals surface area contributed by atoms with Crippen LogP contribution in [0.1, 0.15) is 5.56 Å². The summed E-state index contributed by atoms with van der Waals surface area (Å²) in [5.41, 5.74) is -0.261. The number of halogens is 4. The monoisotopic (exact) mass is 307 g/mol. The van der Waals surface area contributed by atoms with Gasteiger partial charge < -0.3 is 10.0 Å². The highest BCUT2D eigenvalue weighted by Crippen LogP contribution is 2.36. The molecule has 3 aromatic rings. The molecule has 0 unspecified atom stereocenters. The molecule has 0 aliphatic carbocycles. The van der Waals surface area contributed by atoms with Gasteiger partial charge in [-0.25, -0.2) is 9.37 Å². The summed E-state index contributed by atoms with van der Waals surface area (Å²) in [6.07, 6.45) is -4.58. The van der Waals surface area contributed by atoms with Gasteiger partial charge in [-0.15, -0.1) is 0 Å². The number of fused-ring (bicyclic) bond motifs is 1. The third-order valence-electron chi connectivity index (χ3n) is 3.20. The zero-order chi connectivity index (χ0) is 15.9. The first kappa shape index (κ1) is 14.6. The van der Waals surface area contributed by atoms with Gasteiger partial charge in [-0.3, -0.25) is 0 Å². The molecule has 3 nitrogen and oxygen atoms in total. The second-order valence-electron chi connectivity index (χ2n) is 4.68. The van der Waals surface area contributed by atoms with Gasteiger partial charge in [0.25, 0.3) is 0 Å². The third-order valence-corrected chi connectivity index (χ3v) is 3.20. The molecule has 0 aliphatic rings. The molecule has 0 fully saturated rings. The summed E-state index contributed by atoms with van der Waals surface area (Å²) < 4.78 is 52.5. The van der Waals surface area contributed by atoms with Crippen molar-refractivity contribution in [2.24, 2.45) is 0 Å². The zero-order valence-corrected chi connectivity index (χ0v) is 10.9. The standard InChI is InChI=1S/C14H8BF4N2O/c16-8-2-4-11-12(6-8)21-13(20-11)9-5-7(15-22)1-3-10(9)14(17,18)19/h1-6,22H,(H,20,21). The zero-order valence-electron chi connectivity index (χ0n) is 10.9.